The Balaban J connectivity index is 1.76. The van der Waals surface area contributed by atoms with Gasteiger partial charge in [0, 0.05) is 18.0 Å². The van der Waals surface area contributed by atoms with Crippen molar-refractivity contribution in [3.63, 3.8) is 0 Å². The minimum atomic E-state index is -3.13. The molecule has 2 rings (SSSR count). The lowest BCUT2D eigenvalue weighted by molar-refractivity contribution is -0.181. The average Bonchev–Trinajstić information content (AvgIpc) is 2.75. The molecule has 1 heterocycles. The minimum Gasteiger partial charge on any atom is -0.433 e. The molecule has 3 nitrogen and oxygen atoms in total. The van der Waals surface area contributed by atoms with Crippen LogP contribution in [0.4, 0.5) is 8.78 Å². The van der Waals surface area contributed by atoms with E-state index in [4.69, 9.17) is 4.74 Å². The van der Waals surface area contributed by atoms with Crippen LogP contribution in [0.2, 0.25) is 0 Å². The maximum Gasteiger partial charge on any atom is 0.397 e. The number of hydrogen-bond acceptors (Lipinski definition) is 3. The van der Waals surface area contributed by atoms with Crippen LogP contribution in [0.15, 0.2) is 36.7 Å². The summed E-state index contributed by atoms with van der Waals surface area (Å²) >= 11 is 0. The zero-order valence-electron chi connectivity index (χ0n) is 18.5. The van der Waals surface area contributed by atoms with E-state index in [1.54, 1.807) is 24.3 Å². The van der Waals surface area contributed by atoms with Gasteiger partial charge < -0.3 is 4.74 Å². The summed E-state index contributed by atoms with van der Waals surface area (Å²) in [5, 5.41) is 0. The summed E-state index contributed by atoms with van der Waals surface area (Å²) in [6, 6.07) is 6.54. The molecule has 0 fully saturated rings. The first-order valence-electron chi connectivity index (χ1n) is 11.5. The van der Waals surface area contributed by atoms with Gasteiger partial charge in [-0.25, -0.2) is 9.97 Å². The van der Waals surface area contributed by atoms with Crippen molar-refractivity contribution in [1.29, 1.82) is 0 Å². The number of aromatic nitrogens is 2. The molecule has 5 heteroatoms. The van der Waals surface area contributed by atoms with Crippen molar-refractivity contribution in [2.24, 2.45) is 0 Å². The molecule has 0 saturated carbocycles. The van der Waals surface area contributed by atoms with Crippen molar-refractivity contribution in [3.8, 4) is 17.1 Å². The highest BCUT2D eigenvalue weighted by Crippen LogP contribution is 2.28. The van der Waals surface area contributed by atoms with E-state index in [0.717, 1.165) is 24.0 Å². The van der Waals surface area contributed by atoms with Crippen molar-refractivity contribution < 1.29 is 13.5 Å². The third kappa shape index (κ3) is 9.19. The monoisotopic (exact) mass is 418 g/mol. The Morgan fingerprint density at radius 2 is 1.33 bits per heavy atom. The molecule has 0 radical (unpaired) electrons. The van der Waals surface area contributed by atoms with Crippen molar-refractivity contribution in [3.05, 3.63) is 42.2 Å². The zero-order valence-corrected chi connectivity index (χ0v) is 18.5. The van der Waals surface area contributed by atoms with Gasteiger partial charge in [-0.1, -0.05) is 65.2 Å². The van der Waals surface area contributed by atoms with Gasteiger partial charge >= 0.3 is 6.11 Å². The summed E-state index contributed by atoms with van der Waals surface area (Å²) in [4.78, 5) is 8.88. The molecule has 0 aliphatic heterocycles. The largest absolute Gasteiger partial charge is 0.433 e. The van der Waals surface area contributed by atoms with E-state index < -0.39 is 6.11 Å². The van der Waals surface area contributed by atoms with Crippen LogP contribution in [-0.2, 0) is 6.42 Å². The predicted octanol–water partition coefficient (Wildman–Crippen LogP) is 7.99. The van der Waals surface area contributed by atoms with Gasteiger partial charge in [0.25, 0.3) is 0 Å². The molecule has 166 valence electrons. The van der Waals surface area contributed by atoms with Crippen LogP contribution in [0.5, 0.6) is 5.75 Å². The molecule has 1 aromatic carbocycles. The lowest BCUT2D eigenvalue weighted by Crippen LogP contribution is -2.24. The van der Waals surface area contributed by atoms with E-state index >= 15 is 0 Å². The third-order valence-corrected chi connectivity index (χ3v) is 5.23. The third-order valence-electron chi connectivity index (χ3n) is 5.23. The number of rotatable bonds is 15. The minimum absolute atomic E-state index is 0.158. The van der Waals surface area contributed by atoms with E-state index in [0.29, 0.717) is 18.7 Å². The highest BCUT2D eigenvalue weighted by molar-refractivity contribution is 5.55. The maximum absolute atomic E-state index is 13.7. The number of benzene rings is 1. The van der Waals surface area contributed by atoms with Crippen molar-refractivity contribution >= 4 is 0 Å². The molecular formula is C25H36F2N2O. The fourth-order valence-corrected chi connectivity index (χ4v) is 3.37. The number of nitrogens with zero attached hydrogens (tertiary/aromatic N) is 2. The van der Waals surface area contributed by atoms with Crippen LogP contribution >= 0.6 is 0 Å². The van der Waals surface area contributed by atoms with Gasteiger partial charge in [0.2, 0.25) is 0 Å². The smallest absolute Gasteiger partial charge is 0.397 e. The molecule has 0 amide bonds. The van der Waals surface area contributed by atoms with Crippen LogP contribution < -0.4 is 4.74 Å². The standard InChI is InChI=1S/C25H36F2N2O/c1-3-5-7-8-9-10-11-12-13-21-19-28-24(29-20-21)22-14-16-23(17-15-22)30-25(26,27)18-6-4-2/h14-17,19-20H,3-13,18H2,1-2H3. The number of unbranched alkanes of at least 4 members (excludes halogenated alkanes) is 8. The summed E-state index contributed by atoms with van der Waals surface area (Å²) in [6.45, 7) is 4.12. The summed E-state index contributed by atoms with van der Waals surface area (Å²) in [6.07, 6.45) is 12.9. The number of hydrogen-bond donors (Lipinski definition) is 0. The number of ether oxygens (including phenoxy) is 1. The van der Waals surface area contributed by atoms with E-state index in [9.17, 15) is 8.78 Å². The molecule has 0 aliphatic carbocycles. The molecule has 0 unspecified atom stereocenters. The molecule has 30 heavy (non-hydrogen) atoms. The fraction of sp³-hybridized carbons (Fsp3) is 0.600. The second kappa shape index (κ2) is 13.3. The maximum atomic E-state index is 13.7. The Hall–Kier alpha value is -2.04. The molecule has 0 spiro atoms. The molecule has 0 N–H and O–H groups in total. The second-order valence-electron chi connectivity index (χ2n) is 8.01. The first-order valence-corrected chi connectivity index (χ1v) is 11.5. The predicted molar refractivity (Wildman–Crippen MR) is 119 cm³/mol. The van der Waals surface area contributed by atoms with Gasteiger partial charge in [-0.05, 0) is 49.1 Å². The molecule has 0 atom stereocenters. The van der Waals surface area contributed by atoms with Crippen LogP contribution in [-0.4, -0.2) is 16.1 Å². The highest BCUT2D eigenvalue weighted by Gasteiger charge is 2.30. The van der Waals surface area contributed by atoms with Crippen LogP contribution in [0.25, 0.3) is 11.4 Å². The molecule has 0 aliphatic rings. The van der Waals surface area contributed by atoms with Crippen LogP contribution in [0, 0.1) is 0 Å². The van der Waals surface area contributed by atoms with Gasteiger partial charge in [0.1, 0.15) is 5.75 Å². The van der Waals surface area contributed by atoms with Crippen molar-refractivity contribution in [1.82, 2.24) is 9.97 Å². The summed E-state index contributed by atoms with van der Waals surface area (Å²) < 4.78 is 32.3. The van der Waals surface area contributed by atoms with Gasteiger partial charge in [-0.3, -0.25) is 0 Å². The number of halogens is 2. The van der Waals surface area contributed by atoms with Gasteiger partial charge in [-0.2, -0.15) is 8.78 Å². The topological polar surface area (TPSA) is 35.0 Å². The van der Waals surface area contributed by atoms with Crippen LogP contribution in [0.3, 0.4) is 0 Å². The quantitative estimate of drug-likeness (QED) is 0.275. The Morgan fingerprint density at radius 3 is 1.93 bits per heavy atom. The Morgan fingerprint density at radius 1 is 0.767 bits per heavy atom. The zero-order chi connectivity index (χ0) is 21.7. The molecule has 0 bridgehead atoms. The van der Waals surface area contributed by atoms with Crippen molar-refractivity contribution in [2.75, 3.05) is 0 Å². The Labute approximate surface area is 180 Å². The Bertz CT molecular complexity index is 702. The molecule has 1 aromatic heterocycles. The SMILES string of the molecule is CCCCCCCCCCc1cnc(-c2ccc(OC(F)(F)CCCC)cc2)nc1. The van der Waals surface area contributed by atoms with Crippen LogP contribution in [0.1, 0.15) is 90.0 Å². The van der Waals surface area contributed by atoms with E-state index in [2.05, 4.69) is 16.9 Å². The first kappa shape index (κ1) is 24.2. The summed E-state index contributed by atoms with van der Waals surface area (Å²) in [5.41, 5.74) is 1.93. The molecule has 2 aromatic rings. The highest BCUT2D eigenvalue weighted by atomic mass is 19.3. The van der Waals surface area contributed by atoms with E-state index in [-0.39, 0.29) is 12.2 Å². The van der Waals surface area contributed by atoms with Gasteiger partial charge in [-0.15, -0.1) is 0 Å². The average molecular weight is 419 g/mol. The molecular weight excluding hydrogens is 382 g/mol. The summed E-state index contributed by atoms with van der Waals surface area (Å²) in [5.74, 6) is 0.755. The number of aryl methyl sites for hydroxylation is 1. The normalized spacial score (nSPS) is 11.6. The fourth-order valence-electron chi connectivity index (χ4n) is 3.37. The lowest BCUT2D eigenvalue weighted by Gasteiger charge is -2.17. The lowest BCUT2D eigenvalue weighted by atomic mass is 10.1. The van der Waals surface area contributed by atoms with Gasteiger partial charge in [0.15, 0.2) is 5.82 Å². The van der Waals surface area contributed by atoms with E-state index in [1.807, 2.05) is 19.3 Å². The summed E-state index contributed by atoms with van der Waals surface area (Å²) in [7, 11) is 0. The molecule has 0 saturated heterocycles. The Kier molecular flexibility index (Phi) is 10.7. The first-order chi connectivity index (χ1) is 14.5. The van der Waals surface area contributed by atoms with E-state index in [1.165, 1.54) is 44.9 Å². The van der Waals surface area contributed by atoms with Crippen molar-refractivity contribution in [2.45, 2.75) is 97.0 Å². The second-order valence-corrected chi connectivity index (χ2v) is 8.01. The van der Waals surface area contributed by atoms with Gasteiger partial charge in [0.05, 0.1) is 6.42 Å². The number of alkyl halides is 2.